The molecule has 0 aliphatic carbocycles. The van der Waals surface area contributed by atoms with E-state index in [0.717, 1.165) is 22.6 Å². The number of hydrogen-bond acceptors (Lipinski definition) is 5. The quantitative estimate of drug-likeness (QED) is 0.750. The second-order valence-corrected chi connectivity index (χ2v) is 6.88. The number of aromatic nitrogens is 1. The van der Waals surface area contributed by atoms with Crippen molar-refractivity contribution in [3.8, 4) is 5.75 Å². The molecule has 0 saturated heterocycles. The van der Waals surface area contributed by atoms with Crippen molar-refractivity contribution in [1.82, 2.24) is 10.5 Å². The van der Waals surface area contributed by atoms with Gasteiger partial charge in [0, 0.05) is 6.54 Å². The van der Waals surface area contributed by atoms with Crippen molar-refractivity contribution in [3.63, 3.8) is 0 Å². The topological polar surface area (TPSA) is 102 Å². The molecule has 26 heavy (non-hydrogen) atoms. The number of hydrogen-bond donors (Lipinski definition) is 2. The minimum Gasteiger partial charge on any atom is -0.489 e. The zero-order valence-corrected chi connectivity index (χ0v) is 15.5. The highest BCUT2D eigenvalue weighted by Crippen LogP contribution is 2.18. The van der Waals surface area contributed by atoms with Crippen LogP contribution in [0.4, 0.5) is 0 Å². The number of aryl methyl sites for hydroxylation is 2. The van der Waals surface area contributed by atoms with E-state index < -0.39 is 11.4 Å². The molecular weight excluding hydrogens is 336 g/mol. The summed E-state index contributed by atoms with van der Waals surface area (Å²) >= 11 is 0. The Labute approximate surface area is 152 Å². The third-order valence-corrected chi connectivity index (χ3v) is 4.16. The van der Waals surface area contributed by atoms with Gasteiger partial charge in [-0.25, -0.2) is 0 Å². The maximum atomic E-state index is 12.0. The summed E-state index contributed by atoms with van der Waals surface area (Å²) in [6.45, 7) is 7.29. The third kappa shape index (κ3) is 5.08. The molecule has 2 aromatic rings. The number of aliphatic carboxylic acids is 1. The van der Waals surface area contributed by atoms with Gasteiger partial charge in [0.2, 0.25) is 5.91 Å². The van der Waals surface area contributed by atoms with Crippen LogP contribution in [-0.4, -0.2) is 28.7 Å². The number of ether oxygens (including phenoxy) is 1. The average Bonchev–Trinajstić information content (AvgIpc) is 2.91. The first-order valence-corrected chi connectivity index (χ1v) is 8.32. The molecule has 0 radical (unpaired) electrons. The van der Waals surface area contributed by atoms with E-state index in [2.05, 4.69) is 10.5 Å². The molecule has 7 heteroatoms. The summed E-state index contributed by atoms with van der Waals surface area (Å²) in [5.41, 5.74) is 1.56. The number of carbonyl (C=O) groups is 2. The molecular formula is C19H24N2O5. The second-order valence-electron chi connectivity index (χ2n) is 6.88. The number of nitrogens with zero attached hydrogens (tertiary/aromatic N) is 1. The van der Waals surface area contributed by atoms with Crippen molar-refractivity contribution in [2.24, 2.45) is 5.41 Å². The first-order chi connectivity index (χ1) is 12.2. The molecule has 140 valence electrons. The van der Waals surface area contributed by atoms with E-state index in [1.807, 2.05) is 26.0 Å². The SMILES string of the molecule is Cc1noc(C)c1COc1ccc(CC(=O)NCC(C)(C)C(=O)O)cc1. The van der Waals surface area contributed by atoms with Crippen LogP contribution in [0.5, 0.6) is 5.75 Å². The summed E-state index contributed by atoms with van der Waals surface area (Å²) in [5, 5.41) is 15.6. The van der Waals surface area contributed by atoms with Crippen molar-refractivity contribution in [3.05, 3.63) is 46.8 Å². The average molecular weight is 360 g/mol. The van der Waals surface area contributed by atoms with Crippen LogP contribution in [0.2, 0.25) is 0 Å². The normalized spacial score (nSPS) is 11.2. The molecule has 0 bridgehead atoms. The van der Waals surface area contributed by atoms with E-state index in [1.54, 1.807) is 26.0 Å². The summed E-state index contributed by atoms with van der Waals surface area (Å²) in [4.78, 5) is 23.0. The van der Waals surface area contributed by atoms with Crippen LogP contribution in [-0.2, 0) is 22.6 Å². The van der Waals surface area contributed by atoms with Crippen LogP contribution < -0.4 is 10.1 Å². The van der Waals surface area contributed by atoms with Gasteiger partial charge in [-0.2, -0.15) is 0 Å². The van der Waals surface area contributed by atoms with Gasteiger partial charge in [0.1, 0.15) is 18.1 Å². The van der Waals surface area contributed by atoms with E-state index >= 15 is 0 Å². The number of nitrogens with one attached hydrogen (secondary N) is 1. The molecule has 0 fully saturated rings. The van der Waals surface area contributed by atoms with Crippen molar-refractivity contribution in [2.45, 2.75) is 40.7 Å². The van der Waals surface area contributed by atoms with Crippen LogP contribution in [0.1, 0.15) is 36.4 Å². The first-order valence-electron chi connectivity index (χ1n) is 8.32. The van der Waals surface area contributed by atoms with Crippen molar-refractivity contribution in [1.29, 1.82) is 0 Å². The lowest BCUT2D eigenvalue weighted by molar-refractivity contribution is -0.146. The lowest BCUT2D eigenvalue weighted by atomic mass is 9.94. The van der Waals surface area contributed by atoms with E-state index in [4.69, 9.17) is 14.4 Å². The van der Waals surface area contributed by atoms with Crippen molar-refractivity contribution >= 4 is 11.9 Å². The maximum absolute atomic E-state index is 12.0. The van der Waals surface area contributed by atoms with Gasteiger partial charge in [-0.15, -0.1) is 0 Å². The molecule has 0 spiro atoms. The standard InChI is InChI=1S/C19H24N2O5/c1-12-16(13(2)26-21-12)10-25-15-7-5-14(6-8-15)9-17(22)20-11-19(3,4)18(23)24/h5-8H,9-11H2,1-4H3,(H,20,22)(H,23,24). The molecule has 0 saturated carbocycles. The highest BCUT2D eigenvalue weighted by molar-refractivity contribution is 5.80. The molecule has 0 aliphatic rings. The Morgan fingerprint density at radius 3 is 2.42 bits per heavy atom. The van der Waals surface area contributed by atoms with E-state index in [9.17, 15) is 9.59 Å². The Bertz CT molecular complexity index is 758. The van der Waals surface area contributed by atoms with Gasteiger partial charge in [0.25, 0.3) is 0 Å². The third-order valence-electron chi connectivity index (χ3n) is 4.16. The summed E-state index contributed by atoms with van der Waals surface area (Å²) in [6, 6.07) is 7.21. The number of carboxylic acids is 1. The minimum absolute atomic E-state index is 0.0831. The number of rotatable bonds is 8. The van der Waals surface area contributed by atoms with Crippen molar-refractivity contribution < 1.29 is 24.0 Å². The Morgan fingerprint density at radius 2 is 1.88 bits per heavy atom. The summed E-state index contributed by atoms with van der Waals surface area (Å²) in [7, 11) is 0. The smallest absolute Gasteiger partial charge is 0.310 e. The van der Waals surface area contributed by atoms with E-state index in [-0.39, 0.29) is 18.9 Å². The lowest BCUT2D eigenvalue weighted by Gasteiger charge is -2.19. The van der Waals surface area contributed by atoms with Gasteiger partial charge in [0.05, 0.1) is 23.1 Å². The van der Waals surface area contributed by atoms with E-state index in [0.29, 0.717) is 12.4 Å². The molecule has 2 N–H and O–H groups in total. The Hall–Kier alpha value is -2.83. The van der Waals surface area contributed by atoms with Crippen LogP contribution in [0, 0.1) is 19.3 Å². The van der Waals surface area contributed by atoms with Crippen LogP contribution in [0.3, 0.4) is 0 Å². The molecule has 1 aromatic heterocycles. The van der Waals surface area contributed by atoms with Gasteiger partial charge in [-0.1, -0.05) is 17.3 Å². The zero-order valence-electron chi connectivity index (χ0n) is 15.5. The van der Waals surface area contributed by atoms with Gasteiger partial charge in [-0.3, -0.25) is 9.59 Å². The fourth-order valence-corrected chi connectivity index (χ4v) is 2.21. The Kier molecular flexibility index (Phi) is 6.02. The Morgan fingerprint density at radius 1 is 1.23 bits per heavy atom. The summed E-state index contributed by atoms with van der Waals surface area (Å²) in [5.74, 6) is 0.252. The number of benzene rings is 1. The lowest BCUT2D eigenvalue weighted by Crippen LogP contribution is -2.39. The van der Waals surface area contributed by atoms with Crippen LogP contribution in [0.15, 0.2) is 28.8 Å². The van der Waals surface area contributed by atoms with Crippen molar-refractivity contribution in [2.75, 3.05) is 6.54 Å². The fourth-order valence-electron chi connectivity index (χ4n) is 2.21. The van der Waals surface area contributed by atoms with Gasteiger partial charge in [0.15, 0.2) is 0 Å². The largest absolute Gasteiger partial charge is 0.489 e. The monoisotopic (exact) mass is 360 g/mol. The minimum atomic E-state index is -0.994. The van der Waals surface area contributed by atoms with Crippen LogP contribution in [0.25, 0.3) is 0 Å². The molecule has 1 amide bonds. The molecule has 2 rings (SSSR count). The summed E-state index contributed by atoms with van der Waals surface area (Å²) in [6.07, 6.45) is 0.180. The Balaban J connectivity index is 1.85. The van der Waals surface area contributed by atoms with Crippen LogP contribution >= 0.6 is 0 Å². The molecule has 7 nitrogen and oxygen atoms in total. The number of amides is 1. The first kappa shape index (κ1) is 19.5. The van der Waals surface area contributed by atoms with Gasteiger partial charge < -0.3 is 19.7 Å². The molecule has 1 aromatic carbocycles. The maximum Gasteiger partial charge on any atom is 0.310 e. The highest BCUT2D eigenvalue weighted by Gasteiger charge is 2.27. The second kappa shape index (κ2) is 8.03. The number of carboxylic acid groups (broad SMARTS) is 1. The molecule has 0 aliphatic heterocycles. The number of carbonyl (C=O) groups excluding carboxylic acids is 1. The molecule has 1 heterocycles. The predicted octanol–water partition coefficient (Wildman–Crippen LogP) is 2.64. The molecule has 0 atom stereocenters. The fraction of sp³-hybridized carbons (Fsp3) is 0.421. The highest BCUT2D eigenvalue weighted by atomic mass is 16.5. The molecule has 0 unspecified atom stereocenters. The van der Waals surface area contributed by atoms with Gasteiger partial charge in [-0.05, 0) is 45.4 Å². The van der Waals surface area contributed by atoms with E-state index in [1.165, 1.54) is 0 Å². The predicted molar refractivity (Wildman–Crippen MR) is 94.9 cm³/mol. The summed E-state index contributed by atoms with van der Waals surface area (Å²) < 4.78 is 10.8. The zero-order chi connectivity index (χ0) is 19.3. The van der Waals surface area contributed by atoms with Gasteiger partial charge >= 0.3 is 5.97 Å².